The van der Waals surface area contributed by atoms with Gasteiger partial charge in [0.1, 0.15) is 6.10 Å². The van der Waals surface area contributed by atoms with E-state index in [1.54, 1.807) is 6.26 Å². The zero-order valence-electron chi connectivity index (χ0n) is 14.0. The van der Waals surface area contributed by atoms with Gasteiger partial charge < -0.3 is 9.64 Å². The Morgan fingerprint density at radius 2 is 1.84 bits per heavy atom. The molecule has 4 atom stereocenters. The van der Waals surface area contributed by atoms with E-state index in [4.69, 9.17) is 4.74 Å². The number of carbonyl (C=O) groups is 1. The zero-order chi connectivity index (χ0) is 16.8. The maximum atomic E-state index is 13.2. The maximum Gasteiger partial charge on any atom is 0.233 e. The molecule has 2 aliphatic heterocycles. The fourth-order valence-corrected chi connectivity index (χ4v) is 4.80. The molecule has 0 radical (unpaired) electrons. The third-order valence-electron chi connectivity index (χ3n) is 5.93. The molecule has 25 heavy (non-hydrogen) atoms. The fourth-order valence-electron chi connectivity index (χ4n) is 4.80. The molecule has 126 valence electrons. The highest BCUT2D eigenvalue weighted by Gasteiger charge is 2.52. The number of rotatable bonds is 2. The molecule has 0 N–H and O–H groups in total. The number of carbonyl (C=O) groups excluding carboxylic acids is 1. The molecule has 1 fully saturated rings. The van der Waals surface area contributed by atoms with Gasteiger partial charge >= 0.3 is 0 Å². The van der Waals surface area contributed by atoms with Crippen molar-refractivity contribution in [1.29, 1.82) is 0 Å². The molecule has 2 aromatic carbocycles. The number of likely N-dealkylation sites (tertiary alicyclic amines) is 1. The summed E-state index contributed by atoms with van der Waals surface area (Å²) >= 11 is 0. The fraction of sp³-hybridized carbons (Fsp3) is 0.318. The number of fused-ring (bicyclic) bond motifs is 5. The number of hydrogen-bond acceptors (Lipinski definition) is 2. The van der Waals surface area contributed by atoms with Gasteiger partial charge in [0.05, 0.1) is 12.2 Å². The molecule has 0 unspecified atom stereocenters. The van der Waals surface area contributed by atoms with Gasteiger partial charge in [0, 0.05) is 18.5 Å². The number of hydrogen-bond donors (Lipinski definition) is 0. The van der Waals surface area contributed by atoms with Gasteiger partial charge in [-0.15, -0.1) is 0 Å². The number of benzene rings is 2. The van der Waals surface area contributed by atoms with Gasteiger partial charge in [-0.25, -0.2) is 0 Å². The van der Waals surface area contributed by atoms with Crippen molar-refractivity contribution < 1.29 is 9.53 Å². The van der Waals surface area contributed by atoms with Crippen molar-refractivity contribution in [2.45, 2.75) is 37.5 Å². The molecule has 0 spiro atoms. The van der Waals surface area contributed by atoms with E-state index >= 15 is 0 Å². The first-order valence-corrected chi connectivity index (χ1v) is 9.07. The molecule has 2 heterocycles. The van der Waals surface area contributed by atoms with E-state index in [1.807, 2.05) is 24.3 Å². The summed E-state index contributed by atoms with van der Waals surface area (Å²) < 4.78 is 5.92. The SMILES string of the molecule is O=C1[C@H]2C=CO[C@@H]2[C@H]2c3ccccc3CC[C@@H]2N1Cc1ccccc1. The third-order valence-corrected chi connectivity index (χ3v) is 5.93. The minimum absolute atomic E-state index is 0.0500. The smallest absolute Gasteiger partial charge is 0.233 e. The predicted molar refractivity (Wildman–Crippen MR) is 95.8 cm³/mol. The predicted octanol–water partition coefficient (Wildman–Crippen LogP) is 3.66. The lowest BCUT2D eigenvalue weighted by Crippen LogP contribution is -2.57. The molecule has 3 nitrogen and oxygen atoms in total. The Balaban J connectivity index is 1.56. The molecular weight excluding hydrogens is 310 g/mol. The van der Waals surface area contributed by atoms with Gasteiger partial charge in [-0.05, 0) is 35.6 Å². The number of nitrogens with zero attached hydrogens (tertiary/aromatic N) is 1. The Morgan fingerprint density at radius 3 is 2.72 bits per heavy atom. The summed E-state index contributed by atoms with van der Waals surface area (Å²) in [5.41, 5.74) is 3.96. The van der Waals surface area contributed by atoms with Gasteiger partial charge in [-0.3, -0.25) is 4.79 Å². The van der Waals surface area contributed by atoms with Crippen molar-refractivity contribution >= 4 is 5.91 Å². The first-order valence-electron chi connectivity index (χ1n) is 9.07. The van der Waals surface area contributed by atoms with Gasteiger partial charge in [-0.2, -0.15) is 0 Å². The molecule has 0 saturated carbocycles. The van der Waals surface area contributed by atoms with E-state index in [9.17, 15) is 4.79 Å². The standard InChI is InChI=1S/C22H21NO2/c24-22-18-12-13-25-21(18)20-17-9-5-4-8-16(17)10-11-19(20)23(22)14-15-6-2-1-3-7-15/h1-9,12-13,18-21H,10-11,14H2/t18-,19-,20-,21-/m0/s1. The summed E-state index contributed by atoms with van der Waals surface area (Å²) in [4.78, 5) is 15.3. The highest BCUT2D eigenvalue weighted by Crippen LogP contribution is 2.46. The minimum Gasteiger partial charge on any atom is -0.496 e. The number of piperidine rings is 1. The number of amides is 1. The van der Waals surface area contributed by atoms with Crippen LogP contribution in [0.4, 0.5) is 0 Å². The van der Waals surface area contributed by atoms with Crippen molar-refractivity contribution in [3.8, 4) is 0 Å². The summed E-state index contributed by atoms with van der Waals surface area (Å²) in [5.74, 6) is 0.311. The topological polar surface area (TPSA) is 29.5 Å². The van der Waals surface area contributed by atoms with Crippen molar-refractivity contribution in [1.82, 2.24) is 4.90 Å². The maximum absolute atomic E-state index is 13.2. The molecule has 2 aromatic rings. The first kappa shape index (κ1) is 14.8. The Morgan fingerprint density at radius 1 is 1.04 bits per heavy atom. The third kappa shape index (κ3) is 2.30. The zero-order valence-corrected chi connectivity index (χ0v) is 14.0. The second-order valence-corrected chi connectivity index (χ2v) is 7.24. The molecule has 1 aliphatic carbocycles. The number of ether oxygens (including phenoxy) is 1. The van der Waals surface area contributed by atoms with E-state index in [1.165, 1.54) is 16.7 Å². The quantitative estimate of drug-likeness (QED) is 0.840. The van der Waals surface area contributed by atoms with Crippen LogP contribution in [-0.4, -0.2) is 23.0 Å². The molecular formula is C22H21NO2. The minimum atomic E-state index is -0.156. The Bertz CT molecular complexity index is 829. The van der Waals surface area contributed by atoms with E-state index < -0.39 is 0 Å². The molecule has 0 bridgehead atoms. The summed E-state index contributed by atoms with van der Waals surface area (Å²) in [6.07, 6.45) is 5.66. The van der Waals surface area contributed by atoms with Crippen molar-refractivity contribution in [2.75, 3.05) is 0 Å². The van der Waals surface area contributed by atoms with Crippen LogP contribution in [0.2, 0.25) is 0 Å². The van der Waals surface area contributed by atoms with E-state index in [0.717, 1.165) is 12.8 Å². The van der Waals surface area contributed by atoms with Crippen LogP contribution < -0.4 is 0 Å². The molecule has 3 aliphatic rings. The second kappa shape index (κ2) is 5.76. The van der Waals surface area contributed by atoms with Crippen LogP contribution >= 0.6 is 0 Å². The Hall–Kier alpha value is -2.55. The summed E-state index contributed by atoms with van der Waals surface area (Å²) in [6.45, 7) is 0.681. The van der Waals surface area contributed by atoms with Crippen LogP contribution in [0.1, 0.15) is 29.0 Å². The van der Waals surface area contributed by atoms with Crippen LogP contribution in [0, 0.1) is 5.92 Å². The van der Waals surface area contributed by atoms with Gasteiger partial charge in [0.15, 0.2) is 0 Å². The van der Waals surface area contributed by atoms with Crippen LogP contribution in [0.15, 0.2) is 66.9 Å². The van der Waals surface area contributed by atoms with E-state index in [2.05, 4.69) is 41.3 Å². The normalized spacial score (nSPS) is 29.6. The summed E-state index contributed by atoms with van der Waals surface area (Å²) in [7, 11) is 0. The lowest BCUT2D eigenvalue weighted by molar-refractivity contribution is -0.148. The van der Waals surface area contributed by atoms with Gasteiger partial charge in [-0.1, -0.05) is 54.6 Å². The number of aryl methyl sites for hydroxylation is 1. The van der Waals surface area contributed by atoms with Crippen LogP contribution in [0.5, 0.6) is 0 Å². The molecule has 1 saturated heterocycles. The van der Waals surface area contributed by atoms with Crippen LogP contribution in [-0.2, 0) is 22.5 Å². The van der Waals surface area contributed by atoms with Crippen LogP contribution in [0.3, 0.4) is 0 Å². The Kier molecular flexibility index (Phi) is 3.40. The lowest BCUT2D eigenvalue weighted by atomic mass is 9.70. The van der Waals surface area contributed by atoms with E-state index in [-0.39, 0.29) is 29.9 Å². The average Bonchev–Trinajstić information content (AvgIpc) is 3.15. The summed E-state index contributed by atoms with van der Waals surface area (Å²) in [6, 6.07) is 19.2. The highest BCUT2D eigenvalue weighted by atomic mass is 16.5. The van der Waals surface area contributed by atoms with Gasteiger partial charge in [0.2, 0.25) is 5.91 Å². The molecule has 0 aromatic heterocycles. The summed E-state index contributed by atoms with van der Waals surface area (Å²) in [5, 5.41) is 0. The molecule has 5 rings (SSSR count). The van der Waals surface area contributed by atoms with Crippen LogP contribution in [0.25, 0.3) is 0 Å². The molecule has 1 amide bonds. The van der Waals surface area contributed by atoms with Crippen molar-refractivity contribution in [2.24, 2.45) is 5.92 Å². The largest absolute Gasteiger partial charge is 0.496 e. The first-order chi connectivity index (χ1) is 12.3. The second-order valence-electron chi connectivity index (χ2n) is 7.24. The Labute approximate surface area is 147 Å². The monoisotopic (exact) mass is 331 g/mol. The van der Waals surface area contributed by atoms with E-state index in [0.29, 0.717) is 6.54 Å². The highest BCUT2D eigenvalue weighted by molar-refractivity contribution is 5.83. The average molecular weight is 331 g/mol. The van der Waals surface area contributed by atoms with Crippen molar-refractivity contribution in [3.63, 3.8) is 0 Å². The van der Waals surface area contributed by atoms with Gasteiger partial charge in [0.25, 0.3) is 0 Å². The lowest BCUT2D eigenvalue weighted by Gasteiger charge is -2.49. The van der Waals surface area contributed by atoms with Crippen molar-refractivity contribution in [3.05, 3.63) is 83.6 Å². The molecule has 3 heteroatoms.